The van der Waals surface area contributed by atoms with Crippen LogP contribution in [0.5, 0.6) is 0 Å². The molecule has 0 spiro atoms. The van der Waals surface area contributed by atoms with Gasteiger partial charge in [0.25, 0.3) is 0 Å². The van der Waals surface area contributed by atoms with Gasteiger partial charge >= 0.3 is 39.0 Å². The largest absolute Gasteiger partial charge is 2.00 e. The van der Waals surface area contributed by atoms with E-state index in [1.165, 1.54) is 0 Å². The van der Waals surface area contributed by atoms with Gasteiger partial charge in [0.2, 0.25) is 0 Å². The summed E-state index contributed by atoms with van der Waals surface area (Å²) in [4.78, 5) is 42.4. The Kier molecular flexibility index (Phi) is 14.0. The van der Waals surface area contributed by atoms with Crippen molar-refractivity contribution in [2.24, 2.45) is 35.5 Å². The van der Waals surface area contributed by atoms with Gasteiger partial charge in [-0.1, -0.05) is 26.7 Å². The van der Waals surface area contributed by atoms with Gasteiger partial charge in [0.05, 0.1) is 0 Å². The molecule has 0 aromatic heterocycles. The summed E-state index contributed by atoms with van der Waals surface area (Å²) in [5.41, 5.74) is 0. The maximum absolute atomic E-state index is 10.6. The molecule has 0 amide bonds. The fourth-order valence-electron chi connectivity index (χ4n) is 3.85. The van der Waals surface area contributed by atoms with Crippen molar-refractivity contribution in [3.63, 3.8) is 0 Å². The summed E-state index contributed by atoms with van der Waals surface area (Å²) in [6, 6.07) is 0. The molecule has 0 bridgehead atoms. The number of carboxylic acids is 4. The third-order valence-electron chi connectivity index (χ3n) is 5.44. The molecule has 0 aromatic carbocycles. The SMILES string of the molecule is CC1CCC(C(=O)[O-])C(C(=O)[O-])C1.CC1CCC(C(=O)[O-])C(C(=O)[O-])C1.[Zn+2].[Zn+2]. The van der Waals surface area contributed by atoms with Crippen LogP contribution in [0.15, 0.2) is 0 Å². The van der Waals surface area contributed by atoms with Gasteiger partial charge in [0, 0.05) is 47.5 Å². The van der Waals surface area contributed by atoms with Crippen molar-refractivity contribution in [1.29, 1.82) is 0 Å². The van der Waals surface area contributed by atoms with Crippen LogP contribution in [0.1, 0.15) is 52.4 Å². The van der Waals surface area contributed by atoms with Crippen LogP contribution in [-0.4, -0.2) is 23.9 Å². The summed E-state index contributed by atoms with van der Waals surface area (Å²) in [7, 11) is 0. The van der Waals surface area contributed by atoms with Gasteiger partial charge in [-0.2, -0.15) is 0 Å². The number of hydrogen-bond donors (Lipinski definition) is 0. The molecule has 6 unspecified atom stereocenters. The predicted molar refractivity (Wildman–Crippen MR) is 80.0 cm³/mol. The first kappa shape index (κ1) is 29.3. The molecule has 2 fully saturated rings. The summed E-state index contributed by atoms with van der Waals surface area (Å²) in [5, 5.41) is 42.4. The molecule has 28 heavy (non-hydrogen) atoms. The first-order valence-corrected chi connectivity index (χ1v) is 8.88. The second kappa shape index (κ2) is 13.4. The van der Waals surface area contributed by atoms with E-state index in [9.17, 15) is 39.6 Å². The van der Waals surface area contributed by atoms with E-state index in [1.54, 1.807) is 0 Å². The smallest absolute Gasteiger partial charge is 0.550 e. The van der Waals surface area contributed by atoms with E-state index in [0.717, 1.165) is 12.8 Å². The van der Waals surface area contributed by atoms with E-state index in [-0.39, 0.29) is 50.8 Å². The average molecular weight is 499 g/mol. The third-order valence-corrected chi connectivity index (χ3v) is 5.44. The van der Waals surface area contributed by atoms with Crippen LogP contribution < -0.4 is 20.4 Å². The molecule has 10 heteroatoms. The molecule has 2 saturated carbocycles. The molecule has 0 aromatic rings. The molecule has 2 rings (SSSR count). The Bertz CT molecular complexity index is 506. The fourth-order valence-corrected chi connectivity index (χ4v) is 3.85. The molecule has 6 atom stereocenters. The van der Waals surface area contributed by atoms with E-state index in [4.69, 9.17) is 0 Å². The first-order valence-electron chi connectivity index (χ1n) is 8.88. The number of rotatable bonds is 4. The Morgan fingerprint density at radius 3 is 1.00 bits per heavy atom. The molecule has 2 aliphatic rings. The molecule has 2 aliphatic carbocycles. The van der Waals surface area contributed by atoms with E-state index < -0.39 is 47.5 Å². The molecule has 0 radical (unpaired) electrons. The van der Waals surface area contributed by atoms with Crippen LogP contribution in [0, 0.1) is 35.5 Å². The number of carboxylic acid groups (broad SMARTS) is 4. The number of carbonyl (C=O) groups is 4. The molecule has 0 N–H and O–H groups in total. The second-order valence-electron chi connectivity index (χ2n) is 7.54. The molecule has 148 valence electrons. The van der Waals surface area contributed by atoms with Crippen LogP contribution in [0.25, 0.3) is 0 Å². The van der Waals surface area contributed by atoms with Crippen LogP contribution >= 0.6 is 0 Å². The van der Waals surface area contributed by atoms with Gasteiger partial charge in [-0.15, -0.1) is 0 Å². The minimum atomic E-state index is -1.26. The quantitative estimate of drug-likeness (QED) is 0.372. The normalized spacial score (nSPS) is 31.6. The van der Waals surface area contributed by atoms with Crippen molar-refractivity contribution >= 4 is 23.9 Å². The molecular formula is C18H24O8Zn2. The van der Waals surface area contributed by atoms with E-state index in [0.29, 0.717) is 25.7 Å². The van der Waals surface area contributed by atoms with Gasteiger partial charge in [0.15, 0.2) is 0 Å². The molecule has 0 saturated heterocycles. The molecule has 0 heterocycles. The fraction of sp³-hybridized carbons (Fsp3) is 0.778. The molecule has 8 nitrogen and oxygen atoms in total. The van der Waals surface area contributed by atoms with Gasteiger partial charge in [-0.25, -0.2) is 0 Å². The van der Waals surface area contributed by atoms with Crippen LogP contribution in [-0.2, 0) is 58.1 Å². The second-order valence-corrected chi connectivity index (χ2v) is 7.54. The van der Waals surface area contributed by atoms with Crippen molar-refractivity contribution in [2.75, 3.05) is 0 Å². The van der Waals surface area contributed by atoms with E-state index >= 15 is 0 Å². The van der Waals surface area contributed by atoms with Crippen LogP contribution in [0.4, 0.5) is 0 Å². The number of carbonyl (C=O) groups excluding carboxylic acids is 4. The van der Waals surface area contributed by atoms with Crippen LogP contribution in [0.3, 0.4) is 0 Å². The Morgan fingerprint density at radius 1 is 0.536 bits per heavy atom. The predicted octanol–water partition coefficient (Wildman–Crippen LogP) is -2.93. The third kappa shape index (κ3) is 8.65. The standard InChI is InChI=1S/2C9H14O4.2Zn/c2*1-5-2-3-6(8(10)11)7(4-5)9(12)13;;/h2*5-7H,2-4H2,1H3,(H,10,11)(H,12,13);;/q;;2*+2/p-4. The molecule has 0 aliphatic heterocycles. The van der Waals surface area contributed by atoms with Crippen molar-refractivity contribution in [2.45, 2.75) is 52.4 Å². The minimum Gasteiger partial charge on any atom is -0.550 e. The van der Waals surface area contributed by atoms with E-state index in [2.05, 4.69) is 0 Å². The van der Waals surface area contributed by atoms with Gasteiger partial charge in [0.1, 0.15) is 0 Å². The zero-order chi connectivity index (χ0) is 20.0. The van der Waals surface area contributed by atoms with Gasteiger partial charge in [-0.3, -0.25) is 0 Å². The maximum Gasteiger partial charge on any atom is 2.00 e. The Labute approximate surface area is 190 Å². The maximum atomic E-state index is 10.6. The Hall–Kier alpha value is -0.873. The summed E-state index contributed by atoms with van der Waals surface area (Å²) in [6.45, 7) is 3.84. The zero-order valence-electron chi connectivity index (χ0n) is 16.4. The van der Waals surface area contributed by atoms with Crippen LogP contribution in [0.2, 0.25) is 0 Å². The van der Waals surface area contributed by atoms with Crippen molar-refractivity contribution in [3.05, 3.63) is 0 Å². The average Bonchev–Trinajstić information content (AvgIpc) is 2.54. The summed E-state index contributed by atoms with van der Waals surface area (Å²) in [6.07, 6.45) is 3.07. The van der Waals surface area contributed by atoms with Crippen molar-refractivity contribution < 1.29 is 78.6 Å². The topological polar surface area (TPSA) is 161 Å². The summed E-state index contributed by atoms with van der Waals surface area (Å²) in [5.74, 6) is -7.98. The van der Waals surface area contributed by atoms with Gasteiger partial charge < -0.3 is 39.6 Å². The zero-order valence-corrected chi connectivity index (χ0v) is 22.3. The summed E-state index contributed by atoms with van der Waals surface area (Å²) >= 11 is 0. The molecular weight excluding hydrogens is 475 g/mol. The Balaban J connectivity index is 0. The first-order chi connectivity index (χ1) is 12.0. The van der Waals surface area contributed by atoms with E-state index in [1.807, 2.05) is 13.8 Å². The van der Waals surface area contributed by atoms with Gasteiger partial charge in [-0.05, 0) is 37.5 Å². The van der Waals surface area contributed by atoms with Crippen molar-refractivity contribution in [3.8, 4) is 0 Å². The minimum absolute atomic E-state index is 0. The number of hydrogen-bond acceptors (Lipinski definition) is 8. The number of aliphatic carboxylic acids is 4. The Morgan fingerprint density at radius 2 is 0.786 bits per heavy atom. The monoisotopic (exact) mass is 496 g/mol. The van der Waals surface area contributed by atoms with Crippen molar-refractivity contribution in [1.82, 2.24) is 0 Å². The summed E-state index contributed by atoms with van der Waals surface area (Å²) < 4.78 is 0.